The van der Waals surface area contributed by atoms with Crippen LogP contribution in [0.4, 0.5) is 0 Å². The Morgan fingerprint density at radius 1 is 1.30 bits per heavy atom. The summed E-state index contributed by atoms with van der Waals surface area (Å²) in [5.74, 6) is 1.38. The molecule has 102 valence electrons. The minimum atomic E-state index is 0.300. The molecule has 0 saturated carbocycles. The number of aryl methyl sites for hydroxylation is 1. The topological polar surface area (TPSA) is 35.0 Å². The van der Waals surface area contributed by atoms with Crippen LogP contribution in [0.2, 0.25) is 5.15 Å². The maximum atomic E-state index is 6.13. The molecule has 0 N–H and O–H groups in total. The predicted octanol–water partition coefficient (Wildman–Crippen LogP) is 4.99. The number of hydrogen-bond acceptors (Lipinski definition) is 4. The van der Waals surface area contributed by atoms with Crippen LogP contribution in [-0.2, 0) is 6.61 Å². The van der Waals surface area contributed by atoms with E-state index in [1.165, 1.54) is 0 Å². The first-order chi connectivity index (χ1) is 9.63. The van der Waals surface area contributed by atoms with Crippen LogP contribution >= 0.6 is 38.9 Å². The lowest BCUT2D eigenvalue weighted by molar-refractivity contribution is 0.296. The van der Waals surface area contributed by atoms with Crippen LogP contribution in [0.3, 0.4) is 0 Å². The molecule has 0 bridgehead atoms. The highest BCUT2D eigenvalue weighted by atomic mass is 79.9. The Morgan fingerprint density at radius 2 is 2.15 bits per heavy atom. The highest BCUT2D eigenvalue weighted by molar-refractivity contribution is 9.10. The second kappa shape index (κ2) is 5.68. The van der Waals surface area contributed by atoms with E-state index in [0.29, 0.717) is 17.6 Å². The van der Waals surface area contributed by atoms with Crippen LogP contribution in [0, 0.1) is 6.92 Å². The minimum absolute atomic E-state index is 0.300. The number of thiophene rings is 1. The Morgan fingerprint density at radius 3 is 2.95 bits per heavy atom. The Balaban J connectivity index is 1.80. The summed E-state index contributed by atoms with van der Waals surface area (Å²) in [7, 11) is 0. The number of ether oxygens (including phenoxy) is 1. The van der Waals surface area contributed by atoms with Crippen molar-refractivity contribution in [2.45, 2.75) is 13.5 Å². The van der Waals surface area contributed by atoms with Gasteiger partial charge in [0.15, 0.2) is 5.82 Å². The zero-order valence-electron chi connectivity index (χ0n) is 10.6. The molecular weight excluding hydrogens is 360 g/mol. The van der Waals surface area contributed by atoms with Crippen molar-refractivity contribution in [2.24, 2.45) is 0 Å². The summed E-state index contributed by atoms with van der Waals surface area (Å²) in [5, 5.41) is 3.32. The zero-order valence-corrected chi connectivity index (χ0v) is 13.7. The highest BCUT2D eigenvalue weighted by Gasteiger charge is 2.08. The second-order valence-electron chi connectivity index (χ2n) is 4.27. The molecule has 0 unspecified atom stereocenters. The fourth-order valence-electron chi connectivity index (χ4n) is 1.78. The van der Waals surface area contributed by atoms with E-state index in [4.69, 9.17) is 16.3 Å². The maximum Gasteiger partial charge on any atom is 0.169 e. The van der Waals surface area contributed by atoms with E-state index >= 15 is 0 Å². The number of nitrogens with zero attached hydrogens (tertiary/aromatic N) is 2. The summed E-state index contributed by atoms with van der Waals surface area (Å²) in [5.41, 5.74) is 1.12. The van der Waals surface area contributed by atoms with E-state index in [1.807, 2.05) is 36.6 Å². The van der Waals surface area contributed by atoms with Crippen molar-refractivity contribution < 1.29 is 4.74 Å². The lowest BCUT2D eigenvalue weighted by atomic mass is 10.2. The number of aromatic nitrogens is 2. The molecule has 0 amide bonds. The van der Waals surface area contributed by atoms with Gasteiger partial charge in [0, 0.05) is 9.86 Å². The Bertz CT molecular complexity index is 775. The van der Waals surface area contributed by atoms with E-state index in [9.17, 15) is 0 Å². The molecule has 2 aromatic heterocycles. The highest BCUT2D eigenvalue weighted by Crippen LogP contribution is 2.26. The van der Waals surface area contributed by atoms with Crippen molar-refractivity contribution in [1.29, 1.82) is 0 Å². The first-order valence-electron chi connectivity index (χ1n) is 5.92. The normalized spacial score (nSPS) is 10.9. The summed E-state index contributed by atoms with van der Waals surface area (Å²) in [6.07, 6.45) is 0. The van der Waals surface area contributed by atoms with Gasteiger partial charge in [-0.1, -0.05) is 27.5 Å². The molecule has 0 radical (unpaired) electrons. The molecule has 3 aromatic rings. The third kappa shape index (κ3) is 2.80. The van der Waals surface area contributed by atoms with Gasteiger partial charge in [-0.3, -0.25) is 0 Å². The third-order valence-corrected chi connectivity index (χ3v) is 4.81. The van der Waals surface area contributed by atoms with E-state index in [-0.39, 0.29) is 0 Å². The maximum absolute atomic E-state index is 6.13. The van der Waals surface area contributed by atoms with E-state index in [2.05, 4.69) is 25.9 Å². The fraction of sp³-hybridized carbons (Fsp3) is 0.143. The molecule has 3 rings (SSSR count). The van der Waals surface area contributed by atoms with Gasteiger partial charge < -0.3 is 4.74 Å². The predicted molar refractivity (Wildman–Crippen MR) is 85.6 cm³/mol. The van der Waals surface area contributed by atoms with Crippen molar-refractivity contribution in [3.63, 3.8) is 0 Å². The molecule has 1 aromatic carbocycles. The van der Waals surface area contributed by atoms with Crippen molar-refractivity contribution in [2.75, 3.05) is 0 Å². The van der Waals surface area contributed by atoms with Gasteiger partial charge in [-0.25, -0.2) is 9.97 Å². The van der Waals surface area contributed by atoms with Crippen LogP contribution in [0.25, 0.3) is 10.2 Å². The molecule has 3 nitrogen and oxygen atoms in total. The van der Waals surface area contributed by atoms with Crippen LogP contribution in [0.5, 0.6) is 5.75 Å². The summed E-state index contributed by atoms with van der Waals surface area (Å²) < 4.78 is 6.77. The third-order valence-electron chi connectivity index (χ3n) is 2.82. The number of fused-ring (bicyclic) bond motifs is 1. The molecule has 0 aliphatic rings. The van der Waals surface area contributed by atoms with Crippen molar-refractivity contribution in [1.82, 2.24) is 9.97 Å². The Kier molecular flexibility index (Phi) is 3.92. The molecule has 2 heterocycles. The van der Waals surface area contributed by atoms with E-state index < -0.39 is 0 Å². The molecule has 0 aliphatic heterocycles. The van der Waals surface area contributed by atoms with Gasteiger partial charge >= 0.3 is 0 Å². The van der Waals surface area contributed by atoms with Crippen LogP contribution < -0.4 is 4.74 Å². The Labute approximate surface area is 133 Å². The largest absolute Gasteiger partial charge is 0.486 e. The number of benzene rings is 1. The van der Waals surface area contributed by atoms with Crippen molar-refractivity contribution in [3.8, 4) is 5.75 Å². The average molecular weight is 370 g/mol. The molecule has 20 heavy (non-hydrogen) atoms. The van der Waals surface area contributed by atoms with Gasteiger partial charge in [-0.2, -0.15) is 0 Å². The number of rotatable bonds is 3. The molecule has 0 fully saturated rings. The SMILES string of the molecule is Cc1cc(OCc2nc(Cl)c3ccsc3n2)ccc1Br. The first-order valence-corrected chi connectivity index (χ1v) is 7.97. The fourth-order valence-corrected chi connectivity index (χ4v) is 3.12. The summed E-state index contributed by atoms with van der Waals surface area (Å²) in [6.45, 7) is 2.32. The zero-order chi connectivity index (χ0) is 14.1. The second-order valence-corrected chi connectivity index (χ2v) is 6.38. The lowest BCUT2D eigenvalue weighted by Gasteiger charge is -2.07. The molecule has 0 aliphatic carbocycles. The van der Waals surface area contributed by atoms with Crippen molar-refractivity contribution >= 4 is 49.1 Å². The molecular formula is C14H10BrClN2OS. The van der Waals surface area contributed by atoms with Gasteiger partial charge in [0.1, 0.15) is 22.3 Å². The first kappa shape index (κ1) is 13.8. The quantitative estimate of drug-likeness (QED) is 0.610. The van der Waals surface area contributed by atoms with Gasteiger partial charge in [0.25, 0.3) is 0 Å². The molecule has 6 heteroatoms. The summed E-state index contributed by atoms with van der Waals surface area (Å²) >= 11 is 11.1. The van der Waals surface area contributed by atoms with Gasteiger partial charge in [0.05, 0.1) is 0 Å². The van der Waals surface area contributed by atoms with E-state index in [0.717, 1.165) is 26.0 Å². The van der Waals surface area contributed by atoms with E-state index in [1.54, 1.807) is 11.3 Å². The lowest BCUT2D eigenvalue weighted by Crippen LogP contribution is -2.01. The van der Waals surface area contributed by atoms with Crippen molar-refractivity contribution in [3.05, 3.63) is 50.7 Å². The minimum Gasteiger partial charge on any atom is -0.486 e. The Hall–Kier alpha value is -1.17. The van der Waals surface area contributed by atoms with Gasteiger partial charge in [-0.05, 0) is 42.1 Å². The van der Waals surface area contributed by atoms with Crippen LogP contribution in [0.1, 0.15) is 11.4 Å². The molecule has 0 atom stereocenters. The van der Waals surface area contributed by atoms with Crippen LogP contribution in [0.15, 0.2) is 34.1 Å². The smallest absolute Gasteiger partial charge is 0.169 e. The summed E-state index contributed by atoms with van der Waals surface area (Å²) in [4.78, 5) is 9.58. The summed E-state index contributed by atoms with van der Waals surface area (Å²) in [6, 6.07) is 7.75. The van der Waals surface area contributed by atoms with Gasteiger partial charge in [0.2, 0.25) is 0 Å². The standard InChI is InChI=1S/C14H10BrClN2OS/c1-8-6-9(2-3-11(8)15)19-7-12-17-13(16)10-4-5-20-14(10)18-12/h2-6H,7H2,1H3. The number of halogens is 2. The van der Waals surface area contributed by atoms with Crippen LogP contribution in [-0.4, -0.2) is 9.97 Å². The molecule has 0 spiro atoms. The monoisotopic (exact) mass is 368 g/mol. The number of hydrogen-bond donors (Lipinski definition) is 0. The van der Waals surface area contributed by atoms with Gasteiger partial charge in [-0.15, -0.1) is 11.3 Å². The molecule has 0 saturated heterocycles. The average Bonchev–Trinajstić information content (AvgIpc) is 2.89.